The third kappa shape index (κ3) is 29.0. The van der Waals surface area contributed by atoms with Crippen LogP contribution in [0.15, 0.2) is 12.5 Å². The molecule has 11 heteroatoms. The van der Waals surface area contributed by atoms with E-state index >= 15 is 0 Å². The molecule has 0 aromatic heterocycles. The Morgan fingerprint density at radius 2 is 1.42 bits per heavy atom. The third-order valence-corrected chi connectivity index (χ3v) is 10.8. The molecular formula is C48H93ClO10. The van der Waals surface area contributed by atoms with Crippen molar-refractivity contribution in [2.24, 2.45) is 23.7 Å². The van der Waals surface area contributed by atoms with E-state index in [9.17, 15) is 14.4 Å². The molecular weight excluding hydrogens is 772 g/mol. The highest BCUT2D eigenvalue weighted by Gasteiger charge is 2.51. The Hall–Kier alpha value is -2.04. The van der Waals surface area contributed by atoms with Gasteiger partial charge in [0, 0.05) is 24.7 Å². The smallest absolute Gasteiger partial charge is 0.481 e. The van der Waals surface area contributed by atoms with E-state index in [2.05, 4.69) is 59.8 Å². The number of rotatable bonds is 8. The van der Waals surface area contributed by atoms with Gasteiger partial charge < -0.3 is 33.9 Å². The lowest BCUT2D eigenvalue weighted by Crippen LogP contribution is -2.41. The summed E-state index contributed by atoms with van der Waals surface area (Å²) in [6.45, 7) is 32.5. The predicted molar refractivity (Wildman–Crippen MR) is 244 cm³/mol. The summed E-state index contributed by atoms with van der Waals surface area (Å²) >= 11 is 6.83. The highest BCUT2D eigenvalue weighted by molar-refractivity contribution is 6.23. The van der Waals surface area contributed by atoms with Crippen LogP contribution < -0.4 is 0 Å². The van der Waals surface area contributed by atoms with Crippen LogP contribution in [0.2, 0.25) is 0 Å². The minimum absolute atomic E-state index is 0.124. The number of ether oxygens (including phenoxy) is 5. The van der Waals surface area contributed by atoms with Gasteiger partial charge in [-0.2, -0.15) is 0 Å². The van der Waals surface area contributed by atoms with Gasteiger partial charge in [-0.3, -0.25) is 9.59 Å². The van der Waals surface area contributed by atoms with E-state index in [1.807, 2.05) is 48.5 Å². The number of carboxylic acid groups (broad SMARTS) is 1. The lowest BCUT2D eigenvalue weighted by atomic mass is 9.84. The molecule has 3 saturated heterocycles. The summed E-state index contributed by atoms with van der Waals surface area (Å²) in [5, 5.41) is 16.0. The number of Topliss-reactive ketones (excluding diaryl/α,β-unsaturated/α-hetero) is 1. The number of aliphatic hydroxyl groups is 1. The van der Waals surface area contributed by atoms with Crippen LogP contribution in [0.3, 0.4) is 0 Å². The number of carbonyl (C=O) groups is 3. The van der Waals surface area contributed by atoms with Gasteiger partial charge in [-0.25, -0.2) is 4.79 Å². The van der Waals surface area contributed by atoms with E-state index in [-0.39, 0.29) is 43.0 Å². The number of fused-ring (bicyclic) bond motifs is 1. The molecule has 9 atom stereocenters. The molecule has 4 fully saturated rings. The van der Waals surface area contributed by atoms with E-state index < -0.39 is 23.3 Å². The largest absolute Gasteiger partial charge is 0.509 e. The van der Waals surface area contributed by atoms with Crippen molar-refractivity contribution in [3.63, 3.8) is 0 Å². The monoisotopic (exact) mass is 865 g/mol. The molecule has 0 bridgehead atoms. The van der Waals surface area contributed by atoms with Gasteiger partial charge in [0.15, 0.2) is 12.2 Å². The van der Waals surface area contributed by atoms with Gasteiger partial charge in [0.25, 0.3) is 5.95 Å². The SMILES string of the molecule is C=C1O[C@H]2CCCCC[C@@H](C)C(=O)CC[C@H](C)C[C@@H](C)C2(Cl)O1.CC.CC.CC(C)CC(=O)O.CCC.CCCC[C@H]1CCC[C@@H](C)O1.CCC[C@H]1OC(=O)O[C@H]1CO. The summed E-state index contributed by atoms with van der Waals surface area (Å²) in [4.78, 5) is 32.6. The molecule has 4 rings (SSSR count). The quantitative estimate of drug-likeness (QED) is 0.179. The molecule has 0 spiro atoms. The van der Waals surface area contributed by atoms with Crippen LogP contribution in [0, 0.1) is 23.7 Å². The van der Waals surface area contributed by atoms with Crippen molar-refractivity contribution in [3.05, 3.63) is 12.5 Å². The van der Waals surface area contributed by atoms with Crippen LogP contribution in [0.1, 0.15) is 213 Å². The van der Waals surface area contributed by atoms with Crippen LogP contribution in [0.25, 0.3) is 0 Å². The van der Waals surface area contributed by atoms with Gasteiger partial charge in [-0.15, -0.1) is 0 Å². The van der Waals surface area contributed by atoms with E-state index in [4.69, 9.17) is 40.8 Å². The zero-order valence-electron chi connectivity index (χ0n) is 40.4. The number of hydrogen-bond acceptors (Lipinski definition) is 9. The molecule has 352 valence electrons. The van der Waals surface area contributed by atoms with Crippen molar-refractivity contribution in [1.82, 2.24) is 0 Å². The Morgan fingerprint density at radius 1 is 0.831 bits per heavy atom. The number of unbranched alkanes of at least 4 members (excludes halogenated alkanes) is 1. The summed E-state index contributed by atoms with van der Waals surface area (Å²) in [5.74, 6) is 1.11. The van der Waals surface area contributed by atoms with E-state index in [1.165, 1.54) is 44.9 Å². The van der Waals surface area contributed by atoms with Crippen molar-refractivity contribution in [2.75, 3.05) is 6.61 Å². The van der Waals surface area contributed by atoms with Crippen LogP contribution >= 0.6 is 11.6 Å². The van der Waals surface area contributed by atoms with E-state index in [0.717, 1.165) is 57.8 Å². The Kier molecular flexibility index (Phi) is 39.1. The second kappa shape index (κ2) is 37.7. The fourth-order valence-corrected chi connectivity index (χ4v) is 7.34. The van der Waals surface area contributed by atoms with Crippen LogP contribution in [-0.4, -0.2) is 70.3 Å². The molecule has 59 heavy (non-hydrogen) atoms. The number of aliphatic carboxylic acids is 1. The van der Waals surface area contributed by atoms with Crippen molar-refractivity contribution >= 4 is 29.5 Å². The zero-order valence-corrected chi connectivity index (χ0v) is 41.1. The van der Waals surface area contributed by atoms with E-state index in [0.29, 0.717) is 36.3 Å². The minimum atomic E-state index is -0.813. The first-order valence-corrected chi connectivity index (χ1v) is 24.0. The number of halogens is 1. The summed E-state index contributed by atoms with van der Waals surface area (Å²) in [7, 11) is 0. The Balaban J connectivity index is -0.000000734. The number of carboxylic acids is 1. The van der Waals surface area contributed by atoms with Gasteiger partial charge >= 0.3 is 12.1 Å². The van der Waals surface area contributed by atoms with Crippen LogP contribution in [-0.2, 0) is 33.3 Å². The molecule has 0 amide bonds. The van der Waals surface area contributed by atoms with Crippen LogP contribution in [0.4, 0.5) is 4.79 Å². The van der Waals surface area contributed by atoms with Crippen molar-refractivity contribution in [1.29, 1.82) is 0 Å². The van der Waals surface area contributed by atoms with Crippen molar-refractivity contribution < 1.29 is 48.3 Å². The number of cyclic esters (lactones) is 2. The molecule has 1 saturated carbocycles. The molecule has 1 aliphatic carbocycles. The predicted octanol–water partition coefficient (Wildman–Crippen LogP) is 13.8. The molecule has 1 unspecified atom stereocenters. The summed E-state index contributed by atoms with van der Waals surface area (Å²) in [6, 6.07) is 0. The van der Waals surface area contributed by atoms with E-state index in [1.54, 1.807) is 0 Å². The second-order valence-electron chi connectivity index (χ2n) is 16.4. The molecule has 10 nitrogen and oxygen atoms in total. The average Bonchev–Trinajstić information content (AvgIpc) is 3.71. The highest BCUT2D eigenvalue weighted by atomic mass is 35.5. The highest BCUT2D eigenvalue weighted by Crippen LogP contribution is 2.45. The van der Waals surface area contributed by atoms with Crippen LogP contribution in [0.5, 0.6) is 0 Å². The van der Waals surface area contributed by atoms with Gasteiger partial charge in [0.2, 0.25) is 5.06 Å². The van der Waals surface area contributed by atoms with Gasteiger partial charge in [-0.1, -0.05) is 140 Å². The number of aliphatic hydroxyl groups excluding tert-OH is 1. The standard InChI is InChI=1S/C19H31ClO3.C10H20O.C7H12O4.C5H10O2.C3H8.2C2H6/c1-13-10-11-17(21)14(2)8-6-5-7-9-18-19(20,15(3)12-13)23-16(4)22-18;1-3-4-7-10-8-5-6-9(2)11-10;1-2-3-5-6(4-8)11-7(9)10-5;1-4(2)3-5(6)7;1-3-2;2*1-2/h13-15,18H,4-12H2,1-3H3;9-10H,3-8H2,1-2H3;5-6,8H,2-4H2,1H3;4H,3H2,1-2H3,(H,6,7);3H2,1-2H3;2*1-2H3/t13-,14+,15+,18-,19?;9-,10+;5-,6+;;;;/m011..../s1. The van der Waals surface area contributed by atoms with Crippen molar-refractivity contribution in [2.45, 2.75) is 248 Å². The average molecular weight is 866 g/mol. The maximum atomic E-state index is 12.2. The second-order valence-corrected chi connectivity index (χ2v) is 17.0. The summed E-state index contributed by atoms with van der Waals surface area (Å²) in [5.41, 5.74) is 0. The lowest BCUT2D eigenvalue weighted by molar-refractivity contribution is -0.137. The van der Waals surface area contributed by atoms with Gasteiger partial charge in [0.05, 0.1) is 18.8 Å². The number of alkyl halides is 1. The molecule has 0 aromatic carbocycles. The fraction of sp³-hybridized carbons (Fsp3) is 0.896. The molecule has 2 N–H and O–H groups in total. The van der Waals surface area contributed by atoms with Gasteiger partial charge in [-0.05, 0) is 89.5 Å². The maximum absolute atomic E-state index is 12.2. The topological polar surface area (TPSA) is 138 Å². The molecule has 0 radical (unpaired) electrons. The first-order valence-electron chi connectivity index (χ1n) is 23.6. The Bertz CT molecular complexity index is 1050. The molecule has 3 aliphatic heterocycles. The summed E-state index contributed by atoms with van der Waals surface area (Å²) in [6.07, 6.45) is 18.3. The normalized spacial score (nSPS) is 29.1. The first-order chi connectivity index (χ1) is 28.0. The van der Waals surface area contributed by atoms with Crippen molar-refractivity contribution in [3.8, 4) is 0 Å². The Labute approximate surface area is 367 Å². The fourth-order valence-electron chi connectivity index (χ4n) is 7.01. The van der Waals surface area contributed by atoms with Gasteiger partial charge in [0.1, 0.15) is 11.9 Å². The maximum Gasteiger partial charge on any atom is 0.509 e. The molecule has 3 heterocycles. The number of ketones is 1. The lowest BCUT2D eigenvalue weighted by Gasteiger charge is -2.32. The summed E-state index contributed by atoms with van der Waals surface area (Å²) < 4.78 is 26.8. The first kappa shape index (κ1) is 61.3. The third-order valence-electron chi connectivity index (χ3n) is 10.1. The zero-order chi connectivity index (χ0) is 46.0. The molecule has 0 aromatic rings. The number of hydrogen-bond donors (Lipinski definition) is 2. The minimum Gasteiger partial charge on any atom is -0.481 e. The number of carbonyl (C=O) groups excluding carboxylic acids is 2. The Morgan fingerprint density at radius 3 is 1.93 bits per heavy atom. The molecule has 4 aliphatic rings.